The van der Waals surface area contributed by atoms with E-state index in [1.165, 1.54) is 12.8 Å². The molecule has 1 amide bonds. The summed E-state index contributed by atoms with van der Waals surface area (Å²) in [6, 6.07) is 18.9. The average molecular weight is 502 g/mol. The number of hydrogen-bond donors (Lipinski definition) is 1. The van der Waals surface area contributed by atoms with Crippen molar-refractivity contribution in [1.82, 2.24) is 5.32 Å². The molecule has 2 aliphatic rings. The third-order valence-corrected chi connectivity index (χ3v) is 8.14. The highest BCUT2D eigenvalue weighted by molar-refractivity contribution is 6.00. The zero-order chi connectivity index (χ0) is 26.2. The molecule has 2 fully saturated rings. The lowest BCUT2D eigenvalue weighted by Crippen LogP contribution is -2.37. The van der Waals surface area contributed by atoms with Crippen molar-refractivity contribution in [3.8, 4) is 22.6 Å². The van der Waals surface area contributed by atoms with Crippen molar-refractivity contribution in [3.05, 3.63) is 60.2 Å². The summed E-state index contributed by atoms with van der Waals surface area (Å²) in [4.78, 5) is 11.8. The van der Waals surface area contributed by atoms with E-state index in [0.29, 0.717) is 18.6 Å². The van der Waals surface area contributed by atoms with Crippen LogP contribution in [0.15, 0.2) is 54.6 Å². The first-order valence-corrected chi connectivity index (χ1v) is 13.6. The minimum atomic E-state index is -0.536. The van der Waals surface area contributed by atoms with E-state index >= 15 is 0 Å². The van der Waals surface area contributed by atoms with Crippen molar-refractivity contribution in [2.75, 3.05) is 13.2 Å². The molecule has 5 rings (SSSR count). The number of fused-ring (bicyclic) bond motifs is 1. The van der Waals surface area contributed by atoms with Gasteiger partial charge in [-0.1, -0.05) is 51.1 Å². The topological polar surface area (TPSA) is 56.8 Å². The van der Waals surface area contributed by atoms with E-state index in [0.717, 1.165) is 57.7 Å². The quantitative estimate of drug-likeness (QED) is 0.374. The number of amides is 1. The van der Waals surface area contributed by atoms with Crippen LogP contribution in [0.2, 0.25) is 0 Å². The molecule has 1 aliphatic heterocycles. The van der Waals surface area contributed by atoms with Crippen LogP contribution in [0.3, 0.4) is 0 Å². The highest BCUT2D eigenvalue weighted by Crippen LogP contribution is 2.43. The van der Waals surface area contributed by atoms with Crippen LogP contribution in [0, 0.1) is 11.3 Å². The maximum atomic E-state index is 11.8. The largest absolute Gasteiger partial charge is 0.494 e. The number of alkyl carbamates (subject to hydrolysis) is 1. The molecule has 0 radical (unpaired) electrons. The van der Waals surface area contributed by atoms with Crippen molar-refractivity contribution < 1.29 is 19.0 Å². The monoisotopic (exact) mass is 501 g/mol. The Morgan fingerprint density at radius 1 is 1.00 bits per heavy atom. The predicted molar refractivity (Wildman–Crippen MR) is 148 cm³/mol. The van der Waals surface area contributed by atoms with Crippen LogP contribution < -0.4 is 14.8 Å². The number of cyclic esters (lactones) is 1. The minimum absolute atomic E-state index is 0.224. The van der Waals surface area contributed by atoms with Gasteiger partial charge >= 0.3 is 6.09 Å². The standard InChI is InChI=1S/C32H39NO4/c1-6-35-25-13-7-21(8-14-25)29-27-17-12-24(32(5)20-36-30(34)33-32)19-22(27)9-18-28(29)37-26-15-10-23(11-16-26)31(2,3)4/h7-9,12-14,17-19,23,26H,6,10-11,15-16,20H2,1-5H3,(H,33,34). The summed E-state index contributed by atoms with van der Waals surface area (Å²) in [7, 11) is 0. The number of nitrogens with one attached hydrogen (secondary N) is 1. The maximum absolute atomic E-state index is 11.8. The van der Waals surface area contributed by atoms with Gasteiger partial charge in [-0.2, -0.15) is 0 Å². The molecule has 1 unspecified atom stereocenters. The first-order valence-electron chi connectivity index (χ1n) is 13.6. The summed E-state index contributed by atoms with van der Waals surface area (Å²) < 4.78 is 17.6. The Hall–Kier alpha value is -3.21. The molecule has 1 heterocycles. The number of benzene rings is 3. The molecule has 1 atom stereocenters. The zero-order valence-electron chi connectivity index (χ0n) is 22.7. The van der Waals surface area contributed by atoms with E-state index in [4.69, 9.17) is 14.2 Å². The molecule has 3 aromatic rings. The Morgan fingerprint density at radius 2 is 1.73 bits per heavy atom. The van der Waals surface area contributed by atoms with Crippen LogP contribution in [0.1, 0.15) is 65.9 Å². The lowest BCUT2D eigenvalue weighted by Gasteiger charge is -2.37. The fraction of sp³-hybridized carbons (Fsp3) is 0.469. The number of ether oxygens (including phenoxy) is 3. The van der Waals surface area contributed by atoms with Crippen molar-refractivity contribution in [3.63, 3.8) is 0 Å². The molecule has 0 aromatic heterocycles. The Balaban J connectivity index is 1.51. The number of carbonyl (C=O) groups is 1. The molecule has 1 saturated heterocycles. The third kappa shape index (κ3) is 5.27. The molecular weight excluding hydrogens is 462 g/mol. The predicted octanol–water partition coefficient (Wildman–Crippen LogP) is 7.84. The lowest BCUT2D eigenvalue weighted by molar-refractivity contribution is 0.0886. The summed E-state index contributed by atoms with van der Waals surface area (Å²) in [5, 5.41) is 5.19. The van der Waals surface area contributed by atoms with Gasteiger partial charge in [0.2, 0.25) is 0 Å². The summed E-state index contributed by atoms with van der Waals surface area (Å²) >= 11 is 0. The molecule has 1 N–H and O–H groups in total. The summed E-state index contributed by atoms with van der Waals surface area (Å²) in [6.45, 7) is 12.0. The second kappa shape index (κ2) is 9.92. The highest BCUT2D eigenvalue weighted by Gasteiger charge is 2.37. The third-order valence-electron chi connectivity index (χ3n) is 8.14. The van der Waals surface area contributed by atoms with Gasteiger partial charge in [-0.3, -0.25) is 0 Å². The van der Waals surface area contributed by atoms with Gasteiger partial charge in [0.25, 0.3) is 0 Å². The summed E-state index contributed by atoms with van der Waals surface area (Å²) in [5.74, 6) is 2.53. The maximum Gasteiger partial charge on any atom is 0.408 e. The fourth-order valence-corrected chi connectivity index (χ4v) is 5.82. The highest BCUT2D eigenvalue weighted by atomic mass is 16.6. The van der Waals surface area contributed by atoms with E-state index < -0.39 is 5.54 Å². The molecule has 5 heteroatoms. The van der Waals surface area contributed by atoms with Crippen LogP contribution in [-0.4, -0.2) is 25.4 Å². The molecule has 196 valence electrons. The molecule has 0 bridgehead atoms. The Morgan fingerprint density at radius 3 is 2.35 bits per heavy atom. The molecule has 37 heavy (non-hydrogen) atoms. The SMILES string of the molecule is CCOc1ccc(-c2c(OC3CCC(C(C)(C)C)CC3)ccc3cc(C4(C)COC(=O)N4)ccc23)cc1. The van der Waals surface area contributed by atoms with Gasteiger partial charge in [0.1, 0.15) is 18.1 Å². The average Bonchev–Trinajstić information content (AvgIpc) is 3.23. The first-order chi connectivity index (χ1) is 17.7. The van der Waals surface area contributed by atoms with E-state index in [2.05, 4.69) is 68.6 Å². The first kappa shape index (κ1) is 25.4. The van der Waals surface area contributed by atoms with Crippen molar-refractivity contribution in [1.29, 1.82) is 0 Å². The van der Waals surface area contributed by atoms with E-state index in [9.17, 15) is 4.79 Å². The van der Waals surface area contributed by atoms with Crippen LogP contribution in [0.5, 0.6) is 11.5 Å². The Kier molecular flexibility index (Phi) is 6.82. The van der Waals surface area contributed by atoms with Gasteiger partial charge in [0, 0.05) is 5.56 Å². The molecule has 3 aromatic carbocycles. The van der Waals surface area contributed by atoms with Crippen molar-refractivity contribution >= 4 is 16.9 Å². The summed E-state index contributed by atoms with van der Waals surface area (Å²) in [6.07, 6.45) is 4.43. The number of rotatable bonds is 6. The van der Waals surface area contributed by atoms with Gasteiger partial charge < -0.3 is 19.5 Å². The van der Waals surface area contributed by atoms with E-state index in [-0.39, 0.29) is 12.2 Å². The van der Waals surface area contributed by atoms with Gasteiger partial charge in [-0.25, -0.2) is 4.79 Å². The summed E-state index contributed by atoms with van der Waals surface area (Å²) in [5.41, 5.74) is 3.04. The number of hydrogen-bond acceptors (Lipinski definition) is 4. The Labute approximate surface area is 220 Å². The second-order valence-electron chi connectivity index (χ2n) is 11.8. The molecule has 5 nitrogen and oxygen atoms in total. The van der Waals surface area contributed by atoms with Crippen LogP contribution in [0.4, 0.5) is 4.79 Å². The van der Waals surface area contributed by atoms with Crippen LogP contribution in [0.25, 0.3) is 21.9 Å². The van der Waals surface area contributed by atoms with Gasteiger partial charge in [-0.05, 0) is 97.0 Å². The molecule has 0 spiro atoms. The smallest absolute Gasteiger partial charge is 0.408 e. The van der Waals surface area contributed by atoms with E-state index in [1.54, 1.807) is 0 Å². The van der Waals surface area contributed by atoms with Crippen LogP contribution >= 0.6 is 0 Å². The van der Waals surface area contributed by atoms with E-state index in [1.807, 2.05) is 26.0 Å². The molecule has 1 aliphatic carbocycles. The Bertz CT molecular complexity index is 1270. The number of carbonyl (C=O) groups excluding carboxylic acids is 1. The van der Waals surface area contributed by atoms with Crippen molar-refractivity contribution in [2.24, 2.45) is 11.3 Å². The normalized spacial score (nSPS) is 24.0. The van der Waals surface area contributed by atoms with Gasteiger partial charge in [0.05, 0.1) is 18.2 Å². The minimum Gasteiger partial charge on any atom is -0.494 e. The zero-order valence-corrected chi connectivity index (χ0v) is 22.7. The lowest BCUT2D eigenvalue weighted by atomic mass is 9.72. The van der Waals surface area contributed by atoms with Gasteiger partial charge in [-0.15, -0.1) is 0 Å². The second-order valence-corrected chi connectivity index (χ2v) is 11.8. The van der Waals surface area contributed by atoms with Crippen molar-refractivity contribution in [2.45, 2.75) is 71.9 Å². The fourth-order valence-electron chi connectivity index (χ4n) is 5.82. The van der Waals surface area contributed by atoms with Crippen LogP contribution in [-0.2, 0) is 10.3 Å². The molecular formula is C32H39NO4. The van der Waals surface area contributed by atoms with Gasteiger partial charge in [0.15, 0.2) is 0 Å². The molecule has 1 saturated carbocycles.